The number of aryl methyl sites for hydroxylation is 1. The molecule has 3 aromatic rings. The Bertz CT molecular complexity index is 956. The molecule has 4 rings (SSSR count). The molecular weight excluding hydrogens is 308 g/mol. The normalized spacial score (nSPS) is 20.7. The van der Waals surface area contributed by atoms with Gasteiger partial charge in [-0.1, -0.05) is 61.7 Å². The zero-order chi connectivity index (χ0) is 17.4. The highest BCUT2D eigenvalue weighted by atomic mass is 16.1. The first-order valence-corrected chi connectivity index (χ1v) is 9.23. The third-order valence-corrected chi connectivity index (χ3v) is 5.52. The molecule has 0 N–H and O–H groups in total. The number of benzene rings is 2. The average Bonchev–Trinajstić information content (AvgIpc) is 2.63. The van der Waals surface area contributed by atoms with Gasteiger partial charge in [0.15, 0.2) is 0 Å². The Kier molecular flexibility index (Phi) is 4.16. The highest BCUT2D eigenvalue weighted by Gasteiger charge is 2.27. The number of para-hydroxylation sites is 1. The predicted molar refractivity (Wildman–Crippen MR) is 103 cm³/mol. The van der Waals surface area contributed by atoms with Crippen molar-refractivity contribution in [1.82, 2.24) is 9.55 Å². The Hall–Kier alpha value is -2.42. The second kappa shape index (κ2) is 6.47. The summed E-state index contributed by atoms with van der Waals surface area (Å²) in [5.74, 6) is 1.31. The molecule has 1 aliphatic carbocycles. The van der Waals surface area contributed by atoms with Crippen LogP contribution in [0.1, 0.15) is 44.2 Å². The van der Waals surface area contributed by atoms with E-state index in [-0.39, 0.29) is 11.6 Å². The van der Waals surface area contributed by atoms with Crippen LogP contribution < -0.4 is 5.56 Å². The summed E-state index contributed by atoms with van der Waals surface area (Å²) in [5, 5.41) is 0.719. The van der Waals surface area contributed by atoms with E-state index in [1.54, 1.807) is 0 Å². The van der Waals surface area contributed by atoms with Gasteiger partial charge in [0.05, 0.1) is 10.9 Å². The number of hydrogen-bond donors (Lipinski definition) is 0. The Morgan fingerprint density at radius 1 is 1.00 bits per heavy atom. The van der Waals surface area contributed by atoms with E-state index in [9.17, 15) is 4.79 Å². The Morgan fingerprint density at radius 2 is 1.72 bits per heavy atom. The van der Waals surface area contributed by atoms with Crippen molar-refractivity contribution in [3.8, 4) is 11.4 Å². The quantitative estimate of drug-likeness (QED) is 0.652. The Balaban J connectivity index is 2.00. The lowest BCUT2D eigenvalue weighted by Crippen LogP contribution is -2.32. The molecular formula is C22H24N2O. The van der Waals surface area contributed by atoms with Crippen LogP contribution in [0.2, 0.25) is 0 Å². The lowest BCUT2D eigenvalue weighted by molar-refractivity contribution is 0.254. The predicted octanol–water partition coefficient (Wildman–Crippen LogP) is 5.12. The SMILES string of the molecule is Cc1ccc(-c2nc3ccccc3c(=O)n2[C@@H]2CCCC[C@@H]2C)cc1. The molecule has 2 aromatic carbocycles. The molecule has 0 amide bonds. The molecule has 3 heteroatoms. The monoisotopic (exact) mass is 332 g/mol. The number of rotatable bonds is 2. The fourth-order valence-corrected chi connectivity index (χ4v) is 4.04. The molecule has 0 bridgehead atoms. The standard InChI is InChI=1S/C22H24N2O/c1-15-11-13-17(14-12-15)21-23-19-9-5-4-8-18(19)22(25)24(21)20-10-6-3-7-16(20)2/h4-5,8-9,11-14,16,20H,3,6-7,10H2,1-2H3/t16-,20+/m0/s1. The van der Waals surface area contributed by atoms with E-state index in [4.69, 9.17) is 4.98 Å². The lowest BCUT2D eigenvalue weighted by atomic mass is 9.85. The van der Waals surface area contributed by atoms with Gasteiger partial charge in [-0.25, -0.2) is 4.98 Å². The largest absolute Gasteiger partial charge is 0.289 e. The Morgan fingerprint density at radius 3 is 2.48 bits per heavy atom. The molecule has 1 fully saturated rings. The fraction of sp³-hybridized carbons (Fsp3) is 0.364. The summed E-state index contributed by atoms with van der Waals surface area (Å²) in [7, 11) is 0. The van der Waals surface area contributed by atoms with Crippen molar-refractivity contribution in [3.05, 3.63) is 64.4 Å². The third-order valence-electron chi connectivity index (χ3n) is 5.52. The minimum atomic E-state index is 0.0972. The molecule has 0 radical (unpaired) electrons. The zero-order valence-corrected chi connectivity index (χ0v) is 14.9. The molecule has 128 valence electrons. The summed E-state index contributed by atoms with van der Waals surface area (Å²) < 4.78 is 1.98. The molecule has 1 aromatic heterocycles. The van der Waals surface area contributed by atoms with E-state index < -0.39 is 0 Å². The topological polar surface area (TPSA) is 34.9 Å². The van der Waals surface area contributed by atoms with Gasteiger partial charge in [0.25, 0.3) is 5.56 Å². The molecule has 1 saturated carbocycles. The number of aromatic nitrogens is 2. The second-order valence-electron chi connectivity index (χ2n) is 7.32. The van der Waals surface area contributed by atoms with Gasteiger partial charge in [0.2, 0.25) is 0 Å². The van der Waals surface area contributed by atoms with Crippen LogP contribution in [0.25, 0.3) is 22.3 Å². The van der Waals surface area contributed by atoms with Crippen molar-refractivity contribution >= 4 is 10.9 Å². The van der Waals surface area contributed by atoms with Gasteiger partial charge in [-0.15, -0.1) is 0 Å². The van der Waals surface area contributed by atoms with E-state index in [1.807, 2.05) is 28.8 Å². The molecule has 0 unspecified atom stereocenters. The molecule has 2 atom stereocenters. The van der Waals surface area contributed by atoms with E-state index in [1.165, 1.54) is 24.8 Å². The minimum absolute atomic E-state index is 0.0972. The molecule has 0 aliphatic heterocycles. The van der Waals surface area contributed by atoms with Crippen molar-refractivity contribution < 1.29 is 0 Å². The molecule has 25 heavy (non-hydrogen) atoms. The van der Waals surface area contributed by atoms with E-state index in [2.05, 4.69) is 38.1 Å². The molecule has 0 spiro atoms. The summed E-state index contributed by atoms with van der Waals surface area (Å²) in [6.45, 7) is 4.35. The van der Waals surface area contributed by atoms with E-state index >= 15 is 0 Å². The van der Waals surface area contributed by atoms with Crippen LogP contribution in [-0.4, -0.2) is 9.55 Å². The zero-order valence-electron chi connectivity index (χ0n) is 14.9. The number of hydrogen-bond acceptors (Lipinski definition) is 2. The number of fused-ring (bicyclic) bond motifs is 1. The van der Waals surface area contributed by atoms with Gasteiger partial charge in [-0.3, -0.25) is 9.36 Å². The summed E-state index contributed by atoms with van der Waals surface area (Å²) in [6, 6.07) is 16.3. The smallest absolute Gasteiger partial charge is 0.261 e. The van der Waals surface area contributed by atoms with Crippen LogP contribution in [0.4, 0.5) is 0 Å². The molecule has 1 heterocycles. The maximum atomic E-state index is 13.4. The van der Waals surface area contributed by atoms with Crippen LogP contribution in [-0.2, 0) is 0 Å². The number of nitrogens with zero attached hydrogens (tertiary/aromatic N) is 2. The first kappa shape index (κ1) is 16.1. The van der Waals surface area contributed by atoms with Crippen LogP contribution in [0.15, 0.2) is 53.3 Å². The van der Waals surface area contributed by atoms with Gasteiger partial charge in [0, 0.05) is 11.6 Å². The van der Waals surface area contributed by atoms with Crippen LogP contribution >= 0.6 is 0 Å². The van der Waals surface area contributed by atoms with Crippen LogP contribution in [0.3, 0.4) is 0 Å². The second-order valence-corrected chi connectivity index (χ2v) is 7.32. The van der Waals surface area contributed by atoms with E-state index in [0.717, 1.165) is 28.7 Å². The van der Waals surface area contributed by atoms with Crippen molar-refractivity contribution in [1.29, 1.82) is 0 Å². The maximum Gasteiger partial charge on any atom is 0.261 e. The lowest BCUT2D eigenvalue weighted by Gasteiger charge is -2.32. The Labute approximate surface area is 148 Å². The van der Waals surface area contributed by atoms with Gasteiger partial charge >= 0.3 is 0 Å². The minimum Gasteiger partial charge on any atom is -0.289 e. The highest BCUT2D eigenvalue weighted by Crippen LogP contribution is 2.35. The van der Waals surface area contributed by atoms with Crippen LogP contribution in [0.5, 0.6) is 0 Å². The summed E-state index contributed by atoms with van der Waals surface area (Å²) in [6.07, 6.45) is 4.67. The molecule has 0 saturated heterocycles. The first-order chi connectivity index (χ1) is 12.1. The van der Waals surface area contributed by atoms with E-state index in [0.29, 0.717) is 5.92 Å². The van der Waals surface area contributed by atoms with Gasteiger partial charge in [-0.2, -0.15) is 0 Å². The highest BCUT2D eigenvalue weighted by molar-refractivity contribution is 5.79. The summed E-state index contributed by atoms with van der Waals surface area (Å²) in [5.41, 5.74) is 3.11. The molecule has 1 aliphatic rings. The first-order valence-electron chi connectivity index (χ1n) is 9.23. The maximum absolute atomic E-state index is 13.4. The summed E-state index contributed by atoms with van der Waals surface area (Å²) in [4.78, 5) is 18.3. The van der Waals surface area contributed by atoms with Crippen molar-refractivity contribution in [2.75, 3.05) is 0 Å². The third kappa shape index (κ3) is 2.88. The fourth-order valence-electron chi connectivity index (χ4n) is 4.04. The van der Waals surface area contributed by atoms with Crippen molar-refractivity contribution in [2.45, 2.75) is 45.6 Å². The molecule has 3 nitrogen and oxygen atoms in total. The van der Waals surface area contributed by atoms with Crippen molar-refractivity contribution in [2.24, 2.45) is 5.92 Å². The van der Waals surface area contributed by atoms with Crippen LogP contribution in [0, 0.1) is 12.8 Å². The van der Waals surface area contributed by atoms with Gasteiger partial charge < -0.3 is 0 Å². The summed E-state index contributed by atoms with van der Waals surface area (Å²) >= 11 is 0. The van der Waals surface area contributed by atoms with Gasteiger partial charge in [-0.05, 0) is 37.8 Å². The van der Waals surface area contributed by atoms with Gasteiger partial charge in [0.1, 0.15) is 5.82 Å². The average molecular weight is 332 g/mol. The van der Waals surface area contributed by atoms with Crippen molar-refractivity contribution in [3.63, 3.8) is 0 Å².